The Morgan fingerprint density at radius 3 is 2.82 bits per heavy atom. The Balaban J connectivity index is 2.04. The van der Waals surface area contributed by atoms with Gasteiger partial charge in [0.15, 0.2) is 0 Å². The highest BCUT2D eigenvalue weighted by Crippen LogP contribution is 2.28. The molecule has 0 amide bonds. The SMILES string of the molecule is CC1CCCC(N(C)c2ccc(CO)cn2)C1. The van der Waals surface area contributed by atoms with Crippen molar-refractivity contribution in [2.45, 2.75) is 45.3 Å². The molecule has 3 nitrogen and oxygen atoms in total. The number of aliphatic hydroxyl groups is 1. The van der Waals surface area contributed by atoms with E-state index in [2.05, 4.69) is 23.9 Å². The Morgan fingerprint density at radius 1 is 1.41 bits per heavy atom. The number of hydrogen-bond acceptors (Lipinski definition) is 3. The van der Waals surface area contributed by atoms with Gasteiger partial charge in [-0.2, -0.15) is 0 Å². The van der Waals surface area contributed by atoms with E-state index in [-0.39, 0.29) is 6.61 Å². The highest BCUT2D eigenvalue weighted by Gasteiger charge is 2.22. The zero-order chi connectivity index (χ0) is 12.3. The molecule has 1 N–H and O–H groups in total. The summed E-state index contributed by atoms with van der Waals surface area (Å²) in [5, 5.41) is 9.00. The molecule has 1 fully saturated rings. The van der Waals surface area contributed by atoms with E-state index in [0.717, 1.165) is 17.3 Å². The summed E-state index contributed by atoms with van der Waals surface area (Å²) in [6.45, 7) is 2.40. The van der Waals surface area contributed by atoms with Crippen molar-refractivity contribution in [3.8, 4) is 0 Å². The minimum atomic E-state index is 0.0669. The lowest BCUT2D eigenvalue weighted by Crippen LogP contribution is -2.36. The van der Waals surface area contributed by atoms with Crippen molar-refractivity contribution >= 4 is 5.82 Å². The number of aromatic nitrogens is 1. The average molecular weight is 234 g/mol. The molecule has 0 saturated heterocycles. The van der Waals surface area contributed by atoms with Crippen LogP contribution in [0.15, 0.2) is 18.3 Å². The maximum atomic E-state index is 9.00. The third kappa shape index (κ3) is 2.97. The van der Waals surface area contributed by atoms with Gasteiger partial charge in [0.1, 0.15) is 5.82 Å². The monoisotopic (exact) mass is 234 g/mol. The quantitative estimate of drug-likeness (QED) is 0.873. The molecule has 1 aromatic heterocycles. The minimum Gasteiger partial charge on any atom is -0.392 e. The second kappa shape index (κ2) is 5.50. The first-order valence-electron chi connectivity index (χ1n) is 6.49. The molecule has 17 heavy (non-hydrogen) atoms. The van der Waals surface area contributed by atoms with Crippen molar-refractivity contribution in [2.24, 2.45) is 5.92 Å². The fourth-order valence-corrected chi connectivity index (χ4v) is 2.66. The summed E-state index contributed by atoms with van der Waals surface area (Å²) >= 11 is 0. The Hall–Kier alpha value is -1.09. The van der Waals surface area contributed by atoms with E-state index in [1.165, 1.54) is 25.7 Å². The van der Waals surface area contributed by atoms with Gasteiger partial charge in [-0.05, 0) is 30.4 Å². The van der Waals surface area contributed by atoms with E-state index in [4.69, 9.17) is 5.11 Å². The third-order valence-electron chi connectivity index (χ3n) is 3.81. The molecule has 2 rings (SSSR count). The zero-order valence-electron chi connectivity index (χ0n) is 10.8. The first-order valence-corrected chi connectivity index (χ1v) is 6.49. The number of hydrogen-bond donors (Lipinski definition) is 1. The van der Waals surface area contributed by atoms with Crippen molar-refractivity contribution < 1.29 is 5.11 Å². The van der Waals surface area contributed by atoms with Gasteiger partial charge >= 0.3 is 0 Å². The van der Waals surface area contributed by atoms with E-state index in [1.54, 1.807) is 6.20 Å². The van der Waals surface area contributed by atoms with E-state index < -0.39 is 0 Å². The molecule has 2 unspecified atom stereocenters. The van der Waals surface area contributed by atoms with E-state index in [9.17, 15) is 0 Å². The molecule has 1 saturated carbocycles. The van der Waals surface area contributed by atoms with Gasteiger partial charge in [-0.3, -0.25) is 0 Å². The van der Waals surface area contributed by atoms with Crippen LogP contribution in [-0.4, -0.2) is 23.2 Å². The molecule has 0 spiro atoms. The summed E-state index contributed by atoms with van der Waals surface area (Å²) in [6.07, 6.45) is 6.98. The maximum absolute atomic E-state index is 9.00. The molecule has 0 aliphatic heterocycles. The minimum absolute atomic E-state index is 0.0669. The predicted molar refractivity (Wildman–Crippen MR) is 70.0 cm³/mol. The van der Waals surface area contributed by atoms with Crippen LogP contribution in [0.4, 0.5) is 5.82 Å². The summed E-state index contributed by atoms with van der Waals surface area (Å²) in [7, 11) is 2.13. The molecular formula is C14H22N2O. The summed E-state index contributed by atoms with van der Waals surface area (Å²) < 4.78 is 0. The van der Waals surface area contributed by atoms with Crippen LogP contribution in [0.2, 0.25) is 0 Å². The van der Waals surface area contributed by atoms with Crippen molar-refractivity contribution in [1.82, 2.24) is 4.98 Å². The summed E-state index contributed by atoms with van der Waals surface area (Å²) in [4.78, 5) is 6.70. The van der Waals surface area contributed by atoms with Crippen LogP contribution >= 0.6 is 0 Å². The smallest absolute Gasteiger partial charge is 0.128 e. The second-order valence-corrected chi connectivity index (χ2v) is 5.22. The number of aliphatic hydroxyl groups excluding tert-OH is 1. The molecular weight excluding hydrogens is 212 g/mol. The highest BCUT2D eigenvalue weighted by atomic mass is 16.3. The van der Waals surface area contributed by atoms with Crippen LogP contribution in [0, 0.1) is 5.92 Å². The standard InChI is InChI=1S/C14H22N2O/c1-11-4-3-5-13(8-11)16(2)14-7-6-12(10-17)9-15-14/h6-7,9,11,13,17H,3-5,8,10H2,1-2H3. The van der Waals surface area contributed by atoms with Crippen LogP contribution in [0.3, 0.4) is 0 Å². The van der Waals surface area contributed by atoms with Crippen molar-refractivity contribution in [3.05, 3.63) is 23.9 Å². The lowest BCUT2D eigenvalue weighted by atomic mass is 9.86. The summed E-state index contributed by atoms with van der Waals surface area (Å²) in [6, 6.07) is 4.57. The number of nitrogens with zero attached hydrogens (tertiary/aromatic N) is 2. The number of rotatable bonds is 3. The summed E-state index contributed by atoms with van der Waals surface area (Å²) in [5.41, 5.74) is 0.874. The van der Waals surface area contributed by atoms with Crippen molar-refractivity contribution in [1.29, 1.82) is 0 Å². The predicted octanol–water partition coefficient (Wildman–Crippen LogP) is 2.59. The van der Waals surface area contributed by atoms with Crippen molar-refractivity contribution in [2.75, 3.05) is 11.9 Å². The van der Waals surface area contributed by atoms with Gasteiger partial charge in [-0.25, -0.2) is 4.98 Å². The fraction of sp³-hybridized carbons (Fsp3) is 0.643. The molecule has 1 aliphatic carbocycles. The van der Waals surface area contributed by atoms with Crippen LogP contribution in [0.1, 0.15) is 38.2 Å². The molecule has 1 aromatic rings. The van der Waals surface area contributed by atoms with E-state index >= 15 is 0 Å². The van der Waals surface area contributed by atoms with Gasteiger partial charge < -0.3 is 10.0 Å². The topological polar surface area (TPSA) is 36.4 Å². The Labute approximate surface area is 103 Å². The zero-order valence-corrected chi connectivity index (χ0v) is 10.8. The molecule has 0 bridgehead atoms. The van der Waals surface area contributed by atoms with Crippen LogP contribution in [0.5, 0.6) is 0 Å². The first kappa shape index (κ1) is 12.4. The second-order valence-electron chi connectivity index (χ2n) is 5.22. The molecule has 3 heteroatoms. The summed E-state index contributed by atoms with van der Waals surface area (Å²) in [5.74, 6) is 1.84. The lowest BCUT2D eigenvalue weighted by molar-refractivity contribution is 0.281. The molecule has 1 heterocycles. The third-order valence-corrected chi connectivity index (χ3v) is 3.81. The molecule has 1 aliphatic rings. The van der Waals surface area contributed by atoms with Gasteiger partial charge in [0.25, 0.3) is 0 Å². The van der Waals surface area contributed by atoms with Gasteiger partial charge in [0.2, 0.25) is 0 Å². The first-order chi connectivity index (χ1) is 8.20. The Morgan fingerprint density at radius 2 is 2.24 bits per heavy atom. The fourth-order valence-electron chi connectivity index (χ4n) is 2.66. The average Bonchev–Trinajstić information content (AvgIpc) is 2.38. The van der Waals surface area contributed by atoms with Crippen LogP contribution < -0.4 is 4.90 Å². The van der Waals surface area contributed by atoms with Crippen LogP contribution in [0.25, 0.3) is 0 Å². The molecule has 0 radical (unpaired) electrons. The van der Waals surface area contributed by atoms with Gasteiger partial charge in [0, 0.05) is 19.3 Å². The Bertz CT molecular complexity index is 350. The molecule has 0 aromatic carbocycles. The highest BCUT2D eigenvalue weighted by molar-refractivity contribution is 5.39. The maximum Gasteiger partial charge on any atom is 0.128 e. The van der Waals surface area contributed by atoms with Gasteiger partial charge in [0.05, 0.1) is 6.61 Å². The van der Waals surface area contributed by atoms with E-state index in [0.29, 0.717) is 6.04 Å². The number of pyridine rings is 1. The van der Waals surface area contributed by atoms with Gasteiger partial charge in [-0.15, -0.1) is 0 Å². The largest absolute Gasteiger partial charge is 0.392 e. The van der Waals surface area contributed by atoms with Gasteiger partial charge in [-0.1, -0.05) is 25.8 Å². The Kier molecular flexibility index (Phi) is 4.00. The van der Waals surface area contributed by atoms with Crippen LogP contribution in [-0.2, 0) is 6.61 Å². The van der Waals surface area contributed by atoms with E-state index in [1.807, 2.05) is 12.1 Å². The lowest BCUT2D eigenvalue weighted by Gasteiger charge is -2.34. The molecule has 2 atom stereocenters. The normalized spacial score (nSPS) is 24.6. The van der Waals surface area contributed by atoms with Crippen molar-refractivity contribution in [3.63, 3.8) is 0 Å². The molecule has 94 valence electrons. The number of anilines is 1.